The highest BCUT2D eigenvalue weighted by atomic mass is 16.4. The molecule has 2 atom stereocenters. The van der Waals surface area contributed by atoms with Crippen molar-refractivity contribution in [1.29, 1.82) is 0 Å². The summed E-state index contributed by atoms with van der Waals surface area (Å²) in [5, 5.41) is 9.83. The molecule has 5 heteroatoms. The molecule has 3 N–H and O–H groups in total. The zero-order valence-electron chi connectivity index (χ0n) is 13.7. The van der Waals surface area contributed by atoms with Gasteiger partial charge in [0.1, 0.15) is 0 Å². The number of nitrogens with two attached hydrogens (primary N) is 1. The normalized spacial score (nSPS) is 36.5. The van der Waals surface area contributed by atoms with Gasteiger partial charge >= 0.3 is 6.09 Å². The lowest BCUT2D eigenvalue weighted by Crippen LogP contribution is -2.62. The molecule has 5 nitrogen and oxygen atoms in total. The highest BCUT2D eigenvalue weighted by Gasteiger charge is 2.59. The summed E-state index contributed by atoms with van der Waals surface area (Å²) in [4.78, 5) is 25.6. The predicted molar refractivity (Wildman–Crippen MR) is 89.0 cm³/mol. The lowest BCUT2D eigenvalue weighted by molar-refractivity contribution is -0.151. The quantitative estimate of drug-likeness (QED) is 0.891. The summed E-state index contributed by atoms with van der Waals surface area (Å²) in [6.07, 6.45) is 3.65. The van der Waals surface area contributed by atoms with Gasteiger partial charge in [-0.15, -0.1) is 0 Å². The van der Waals surface area contributed by atoms with Gasteiger partial charge in [-0.05, 0) is 55.4 Å². The minimum absolute atomic E-state index is 0.0201. The molecule has 4 saturated carbocycles. The number of rotatable bonds is 4. The van der Waals surface area contributed by atoms with Crippen LogP contribution in [-0.4, -0.2) is 28.0 Å². The van der Waals surface area contributed by atoms with Crippen molar-refractivity contribution in [3.8, 4) is 0 Å². The molecular formula is C19H24N2O3. The van der Waals surface area contributed by atoms with Gasteiger partial charge in [0.15, 0.2) is 0 Å². The number of carboxylic acid groups (broad SMARTS) is 1. The Labute approximate surface area is 141 Å². The summed E-state index contributed by atoms with van der Waals surface area (Å²) < 4.78 is 0. The summed E-state index contributed by atoms with van der Waals surface area (Å²) in [5.74, 6) is 0.899. The third-order valence-corrected chi connectivity index (χ3v) is 6.55. The van der Waals surface area contributed by atoms with Crippen LogP contribution in [0.2, 0.25) is 0 Å². The molecule has 4 aliphatic rings. The first-order valence-electron chi connectivity index (χ1n) is 8.82. The van der Waals surface area contributed by atoms with Gasteiger partial charge in [0.2, 0.25) is 5.91 Å². The molecule has 0 aliphatic heterocycles. The van der Waals surface area contributed by atoms with Gasteiger partial charge in [-0.3, -0.25) is 4.79 Å². The Morgan fingerprint density at radius 2 is 1.75 bits per heavy atom. The van der Waals surface area contributed by atoms with Crippen LogP contribution in [0, 0.1) is 23.2 Å². The van der Waals surface area contributed by atoms with Crippen molar-refractivity contribution in [1.82, 2.24) is 4.90 Å². The number of amides is 2. The van der Waals surface area contributed by atoms with Crippen LogP contribution in [0.3, 0.4) is 0 Å². The second-order valence-corrected chi connectivity index (χ2v) is 8.00. The van der Waals surface area contributed by atoms with Crippen molar-refractivity contribution in [3.63, 3.8) is 0 Å². The molecule has 0 radical (unpaired) electrons. The zero-order valence-corrected chi connectivity index (χ0v) is 13.7. The van der Waals surface area contributed by atoms with Gasteiger partial charge in [-0.25, -0.2) is 4.79 Å². The molecule has 1 aromatic carbocycles. The maximum Gasteiger partial charge on any atom is 0.407 e. The van der Waals surface area contributed by atoms with Crippen LogP contribution < -0.4 is 5.73 Å². The van der Waals surface area contributed by atoms with Crippen molar-refractivity contribution in [2.75, 3.05) is 0 Å². The monoisotopic (exact) mass is 328 g/mol. The van der Waals surface area contributed by atoms with E-state index < -0.39 is 6.09 Å². The van der Waals surface area contributed by atoms with Crippen LogP contribution in [0.4, 0.5) is 4.79 Å². The molecule has 2 unspecified atom stereocenters. The molecule has 0 heterocycles. The molecule has 0 saturated heterocycles. The number of hydrogen-bond acceptors (Lipinski definition) is 2. The smallest absolute Gasteiger partial charge is 0.407 e. The molecule has 5 rings (SSSR count). The summed E-state index contributed by atoms with van der Waals surface area (Å²) in [7, 11) is 0. The highest BCUT2D eigenvalue weighted by Crippen LogP contribution is 2.61. The average molecular weight is 328 g/mol. The van der Waals surface area contributed by atoms with Crippen LogP contribution in [0.5, 0.6) is 0 Å². The second-order valence-electron chi connectivity index (χ2n) is 8.00. The van der Waals surface area contributed by atoms with Crippen LogP contribution in [0.15, 0.2) is 30.3 Å². The largest absolute Gasteiger partial charge is 0.465 e. The van der Waals surface area contributed by atoms with Gasteiger partial charge in [0.05, 0.1) is 0 Å². The fourth-order valence-electron chi connectivity index (χ4n) is 5.89. The van der Waals surface area contributed by atoms with E-state index in [0.29, 0.717) is 12.5 Å². The van der Waals surface area contributed by atoms with E-state index in [4.69, 9.17) is 5.73 Å². The lowest BCUT2D eigenvalue weighted by atomic mass is 9.47. The number of carbonyl (C=O) groups excluding carboxylic acids is 1. The third kappa shape index (κ3) is 2.38. The van der Waals surface area contributed by atoms with Crippen LogP contribution in [-0.2, 0) is 11.3 Å². The Balaban J connectivity index is 1.61. The summed E-state index contributed by atoms with van der Waals surface area (Å²) in [5.41, 5.74) is 6.37. The first kappa shape index (κ1) is 15.5. The van der Waals surface area contributed by atoms with E-state index in [9.17, 15) is 14.7 Å². The fourth-order valence-corrected chi connectivity index (χ4v) is 5.89. The number of hydrogen-bond donors (Lipinski definition) is 2. The van der Waals surface area contributed by atoms with Crippen LogP contribution in [0.25, 0.3) is 0 Å². The van der Waals surface area contributed by atoms with E-state index in [1.807, 2.05) is 30.3 Å². The van der Waals surface area contributed by atoms with E-state index in [2.05, 4.69) is 0 Å². The number of nitrogens with zero attached hydrogens (tertiary/aromatic N) is 1. The molecular weight excluding hydrogens is 304 g/mol. The van der Waals surface area contributed by atoms with E-state index in [1.54, 1.807) is 4.90 Å². The molecule has 24 heavy (non-hydrogen) atoms. The van der Waals surface area contributed by atoms with E-state index in [-0.39, 0.29) is 29.2 Å². The molecule has 4 aliphatic carbocycles. The number of benzene rings is 1. The Morgan fingerprint density at radius 3 is 2.29 bits per heavy atom. The van der Waals surface area contributed by atoms with Crippen molar-refractivity contribution in [2.24, 2.45) is 28.9 Å². The van der Waals surface area contributed by atoms with Gasteiger partial charge < -0.3 is 15.7 Å². The maximum atomic E-state index is 12.0. The molecule has 128 valence electrons. The molecule has 2 amide bonds. The van der Waals surface area contributed by atoms with Crippen molar-refractivity contribution in [2.45, 2.75) is 44.7 Å². The summed E-state index contributed by atoms with van der Waals surface area (Å²) in [6, 6.07) is 9.77. The van der Waals surface area contributed by atoms with E-state index in [1.165, 1.54) is 0 Å². The molecule has 4 bridgehead atoms. The highest BCUT2D eigenvalue weighted by molar-refractivity contribution is 5.81. The summed E-state index contributed by atoms with van der Waals surface area (Å²) in [6.45, 7) is 0.419. The van der Waals surface area contributed by atoms with E-state index in [0.717, 1.165) is 37.7 Å². The average Bonchev–Trinajstić information content (AvgIpc) is 2.53. The molecule has 1 aromatic rings. The Hall–Kier alpha value is -2.04. The molecule has 0 spiro atoms. The van der Waals surface area contributed by atoms with Gasteiger partial charge in [0.25, 0.3) is 0 Å². The third-order valence-electron chi connectivity index (χ3n) is 6.55. The topological polar surface area (TPSA) is 83.6 Å². The Morgan fingerprint density at radius 1 is 1.12 bits per heavy atom. The van der Waals surface area contributed by atoms with Gasteiger partial charge in [-0.2, -0.15) is 0 Å². The first-order chi connectivity index (χ1) is 11.5. The van der Waals surface area contributed by atoms with Crippen LogP contribution >= 0.6 is 0 Å². The summed E-state index contributed by atoms with van der Waals surface area (Å²) >= 11 is 0. The lowest BCUT2D eigenvalue weighted by Gasteiger charge is -2.60. The maximum absolute atomic E-state index is 12.0. The molecule has 4 fully saturated rings. The fraction of sp³-hybridized carbons (Fsp3) is 0.579. The van der Waals surface area contributed by atoms with Crippen molar-refractivity contribution < 1.29 is 14.7 Å². The minimum Gasteiger partial charge on any atom is -0.465 e. The predicted octanol–water partition coefficient (Wildman–Crippen LogP) is 2.85. The van der Waals surface area contributed by atoms with Crippen molar-refractivity contribution in [3.05, 3.63) is 35.9 Å². The molecule has 0 aromatic heterocycles. The Kier molecular flexibility index (Phi) is 3.55. The standard InChI is InChI=1S/C19H24N2O3/c20-17(22)19-8-13-6-14(9-19)16(15(7-13)10-19)21(18(23)24)11-12-4-2-1-3-5-12/h1-5,13-16H,6-11H2,(H2,20,22)(H,23,24). The van der Waals surface area contributed by atoms with Crippen molar-refractivity contribution >= 4 is 12.0 Å². The van der Waals surface area contributed by atoms with Crippen LogP contribution in [0.1, 0.15) is 37.7 Å². The second kappa shape index (κ2) is 5.50. The van der Waals surface area contributed by atoms with E-state index >= 15 is 0 Å². The Bertz CT molecular complexity index is 644. The first-order valence-corrected chi connectivity index (χ1v) is 8.82. The van der Waals surface area contributed by atoms with Gasteiger partial charge in [0, 0.05) is 18.0 Å². The zero-order chi connectivity index (χ0) is 16.9. The number of primary amides is 1. The SMILES string of the molecule is NC(=O)C12CC3CC(C1)C(N(Cc1ccccc1)C(=O)O)C(C3)C2. The van der Waals surface area contributed by atoms with Gasteiger partial charge in [-0.1, -0.05) is 30.3 Å². The minimum atomic E-state index is -0.857. The number of carbonyl (C=O) groups is 2.